The van der Waals surface area contributed by atoms with Crippen LogP contribution in [0.15, 0.2) is 18.2 Å². The lowest BCUT2D eigenvalue weighted by molar-refractivity contribution is -0.138. The Hall–Kier alpha value is -1.84. The van der Waals surface area contributed by atoms with Crippen molar-refractivity contribution >= 4 is 17.0 Å². The first-order chi connectivity index (χ1) is 9.08. The number of fused-ring (bicyclic) bond motifs is 1. The highest BCUT2D eigenvalue weighted by molar-refractivity contribution is 5.81. The maximum atomic E-state index is 11.1. The number of aryl methyl sites for hydroxylation is 1. The van der Waals surface area contributed by atoms with Crippen molar-refractivity contribution < 1.29 is 9.90 Å². The summed E-state index contributed by atoms with van der Waals surface area (Å²) >= 11 is 0. The van der Waals surface area contributed by atoms with E-state index in [1.54, 1.807) is 6.92 Å². The van der Waals surface area contributed by atoms with Crippen molar-refractivity contribution in [2.75, 3.05) is 0 Å². The second-order valence-corrected chi connectivity index (χ2v) is 5.46. The Bertz CT molecular complexity index is 641. The molecule has 1 aromatic carbocycles. The highest BCUT2D eigenvalue weighted by atomic mass is 16.4. The highest BCUT2D eigenvalue weighted by Crippen LogP contribution is 2.37. The van der Waals surface area contributed by atoms with Gasteiger partial charge in [-0.2, -0.15) is 0 Å². The quantitative estimate of drug-likeness (QED) is 0.920. The molecule has 1 heterocycles. The third kappa shape index (κ3) is 1.91. The lowest BCUT2D eigenvalue weighted by atomic mass is 9.85. The number of carboxylic acids is 1. The molecule has 0 spiro atoms. The van der Waals surface area contributed by atoms with Crippen LogP contribution in [0.25, 0.3) is 11.0 Å². The van der Waals surface area contributed by atoms with Crippen LogP contribution >= 0.6 is 0 Å². The summed E-state index contributed by atoms with van der Waals surface area (Å²) in [5, 5.41) is 9.10. The van der Waals surface area contributed by atoms with Crippen molar-refractivity contribution in [3.63, 3.8) is 0 Å². The molecule has 1 N–H and O–H groups in total. The van der Waals surface area contributed by atoms with Crippen LogP contribution < -0.4 is 0 Å². The Morgan fingerprint density at radius 2 is 2.21 bits per heavy atom. The molecule has 1 atom stereocenters. The summed E-state index contributed by atoms with van der Waals surface area (Å²) in [5.41, 5.74) is 2.83. The van der Waals surface area contributed by atoms with E-state index < -0.39 is 11.9 Å². The fourth-order valence-corrected chi connectivity index (χ4v) is 2.67. The van der Waals surface area contributed by atoms with Crippen molar-refractivity contribution in [3.8, 4) is 0 Å². The Morgan fingerprint density at radius 1 is 1.47 bits per heavy atom. The van der Waals surface area contributed by atoms with Crippen molar-refractivity contribution in [3.05, 3.63) is 29.6 Å². The van der Waals surface area contributed by atoms with Gasteiger partial charge < -0.3 is 9.67 Å². The number of carboxylic acid groups (broad SMARTS) is 1. The molecule has 0 amide bonds. The van der Waals surface area contributed by atoms with E-state index in [1.165, 1.54) is 19.3 Å². The third-order valence-corrected chi connectivity index (χ3v) is 4.28. The fourth-order valence-electron chi connectivity index (χ4n) is 2.67. The second kappa shape index (κ2) is 4.37. The van der Waals surface area contributed by atoms with Gasteiger partial charge in [0.25, 0.3) is 0 Å². The number of rotatable bonds is 3. The average Bonchev–Trinajstić information content (AvgIpc) is 2.64. The molecule has 1 saturated carbocycles. The minimum Gasteiger partial charge on any atom is -0.481 e. The molecule has 1 unspecified atom stereocenters. The Labute approximate surface area is 112 Å². The van der Waals surface area contributed by atoms with Gasteiger partial charge in [0.2, 0.25) is 0 Å². The maximum absolute atomic E-state index is 11.1. The van der Waals surface area contributed by atoms with Crippen molar-refractivity contribution in [1.29, 1.82) is 0 Å². The lowest BCUT2D eigenvalue weighted by Gasteiger charge is -2.24. The summed E-state index contributed by atoms with van der Waals surface area (Å²) in [6.07, 6.45) is 3.72. The molecule has 4 heteroatoms. The maximum Gasteiger partial charge on any atom is 0.310 e. The normalized spacial score (nSPS) is 17.4. The Morgan fingerprint density at radius 3 is 2.79 bits per heavy atom. The first kappa shape index (κ1) is 12.2. The number of carbonyl (C=O) groups is 1. The summed E-state index contributed by atoms with van der Waals surface area (Å²) in [7, 11) is 2.03. The van der Waals surface area contributed by atoms with Crippen LogP contribution in [0.5, 0.6) is 0 Å². The first-order valence-corrected chi connectivity index (χ1v) is 6.77. The summed E-state index contributed by atoms with van der Waals surface area (Å²) in [6.45, 7) is 1.71. The summed E-state index contributed by atoms with van der Waals surface area (Å²) in [6, 6.07) is 5.77. The fraction of sp³-hybridized carbons (Fsp3) is 0.467. The standard InChI is InChI=1S/C15H18N2O2/c1-9(15(18)19)11-6-7-12-13(8-11)17(2)14(16-12)10-4-3-5-10/h6-10H,3-5H2,1-2H3,(H,18,19). The molecule has 0 bridgehead atoms. The number of aromatic nitrogens is 2. The van der Waals surface area contributed by atoms with Gasteiger partial charge in [0.1, 0.15) is 5.82 Å². The van der Waals surface area contributed by atoms with Crippen LogP contribution in [-0.2, 0) is 11.8 Å². The van der Waals surface area contributed by atoms with E-state index in [2.05, 4.69) is 4.57 Å². The van der Waals surface area contributed by atoms with Gasteiger partial charge in [-0.25, -0.2) is 4.98 Å². The van der Waals surface area contributed by atoms with Gasteiger partial charge in [-0.3, -0.25) is 4.79 Å². The number of hydrogen-bond acceptors (Lipinski definition) is 2. The highest BCUT2D eigenvalue weighted by Gasteiger charge is 2.25. The predicted octanol–water partition coefficient (Wildman–Crippen LogP) is 3.03. The van der Waals surface area contributed by atoms with Crippen LogP contribution in [0.3, 0.4) is 0 Å². The molecule has 0 radical (unpaired) electrons. The van der Waals surface area contributed by atoms with E-state index in [0.717, 1.165) is 22.4 Å². The van der Waals surface area contributed by atoms with Crippen LogP contribution in [0.2, 0.25) is 0 Å². The van der Waals surface area contributed by atoms with Gasteiger partial charge in [0.05, 0.1) is 17.0 Å². The van der Waals surface area contributed by atoms with Gasteiger partial charge in [-0.05, 0) is 37.5 Å². The number of benzene rings is 1. The number of hydrogen-bond donors (Lipinski definition) is 1. The van der Waals surface area contributed by atoms with Crippen LogP contribution in [-0.4, -0.2) is 20.6 Å². The molecular formula is C15H18N2O2. The zero-order valence-electron chi connectivity index (χ0n) is 11.3. The van der Waals surface area contributed by atoms with Crippen molar-refractivity contribution in [2.45, 2.75) is 38.0 Å². The lowest BCUT2D eigenvalue weighted by Crippen LogP contribution is -2.13. The summed E-state index contributed by atoms with van der Waals surface area (Å²) < 4.78 is 2.12. The number of nitrogens with zero attached hydrogens (tertiary/aromatic N) is 2. The molecule has 19 heavy (non-hydrogen) atoms. The number of aliphatic carboxylic acids is 1. The molecule has 0 saturated heterocycles. The number of imidazole rings is 1. The van der Waals surface area contributed by atoms with Gasteiger partial charge in [0, 0.05) is 13.0 Å². The van der Waals surface area contributed by atoms with Gasteiger partial charge in [-0.15, -0.1) is 0 Å². The molecule has 1 aliphatic rings. The summed E-state index contributed by atoms with van der Waals surface area (Å²) in [4.78, 5) is 15.8. The second-order valence-electron chi connectivity index (χ2n) is 5.46. The molecular weight excluding hydrogens is 240 g/mol. The molecule has 3 rings (SSSR count). The zero-order chi connectivity index (χ0) is 13.6. The molecule has 100 valence electrons. The van der Waals surface area contributed by atoms with Crippen molar-refractivity contribution in [2.24, 2.45) is 7.05 Å². The van der Waals surface area contributed by atoms with Gasteiger partial charge in [0.15, 0.2) is 0 Å². The minimum atomic E-state index is -0.791. The van der Waals surface area contributed by atoms with E-state index in [4.69, 9.17) is 10.1 Å². The van der Waals surface area contributed by atoms with E-state index >= 15 is 0 Å². The molecule has 2 aromatic rings. The van der Waals surface area contributed by atoms with E-state index in [-0.39, 0.29) is 0 Å². The Kier molecular flexibility index (Phi) is 2.81. The van der Waals surface area contributed by atoms with Gasteiger partial charge >= 0.3 is 5.97 Å². The predicted molar refractivity (Wildman–Crippen MR) is 73.4 cm³/mol. The van der Waals surface area contributed by atoms with Gasteiger partial charge in [-0.1, -0.05) is 12.5 Å². The molecule has 1 aromatic heterocycles. The van der Waals surface area contributed by atoms with Crippen LogP contribution in [0.4, 0.5) is 0 Å². The molecule has 0 aliphatic heterocycles. The van der Waals surface area contributed by atoms with E-state index in [1.807, 2.05) is 25.2 Å². The monoisotopic (exact) mass is 258 g/mol. The van der Waals surface area contributed by atoms with E-state index in [9.17, 15) is 4.79 Å². The molecule has 4 nitrogen and oxygen atoms in total. The van der Waals surface area contributed by atoms with Crippen LogP contribution in [0.1, 0.15) is 49.4 Å². The minimum absolute atomic E-state index is 0.480. The third-order valence-electron chi connectivity index (χ3n) is 4.28. The molecule has 1 fully saturated rings. The SMILES string of the molecule is CC(C(=O)O)c1ccc2nc(C3CCC3)n(C)c2c1. The molecule has 1 aliphatic carbocycles. The van der Waals surface area contributed by atoms with Crippen LogP contribution in [0, 0.1) is 0 Å². The zero-order valence-corrected chi connectivity index (χ0v) is 11.3. The van der Waals surface area contributed by atoms with E-state index in [0.29, 0.717) is 5.92 Å². The van der Waals surface area contributed by atoms with Crippen molar-refractivity contribution in [1.82, 2.24) is 9.55 Å². The first-order valence-electron chi connectivity index (χ1n) is 6.77. The smallest absolute Gasteiger partial charge is 0.310 e. The Balaban J connectivity index is 2.07. The topological polar surface area (TPSA) is 55.1 Å². The average molecular weight is 258 g/mol. The largest absolute Gasteiger partial charge is 0.481 e. The summed E-state index contributed by atoms with van der Waals surface area (Å²) in [5.74, 6) is 0.450.